The summed E-state index contributed by atoms with van der Waals surface area (Å²) in [5.74, 6) is -0.390. The molecule has 1 aromatic rings. The van der Waals surface area contributed by atoms with E-state index in [-0.39, 0.29) is 12.5 Å². The summed E-state index contributed by atoms with van der Waals surface area (Å²) in [5.41, 5.74) is 5.91. The van der Waals surface area contributed by atoms with E-state index < -0.39 is 0 Å². The van der Waals surface area contributed by atoms with Crippen molar-refractivity contribution in [3.05, 3.63) is 12.4 Å². The van der Waals surface area contributed by atoms with Crippen LogP contribution in [0.15, 0.2) is 12.4 Å². The molecule has 0 radical (unpaired) electrons. The Bertz CT molecular complexity index is 292. The van der Waals surface area contributed by atoms with Gasteiger partial charge in [0.1, 0.15) is 6.54 Å². The van der Waals surface area contributed by atoms with Crippen molar-refractivity contribution in [2.24, 2.45) is 5.73 Å². The lowest BCUT2D eigenvalue weighted by atomic mass is 10.4. The Labute approximate surface area is 76.9 Å². The summed E-state index contributed by atoms with van der Waals surface area (Å²) < 4.78 is 1.51. The lowest BCUT2D eigenvalue weighted by Crippen LogP contribution is -2.18. The van der Waals surface area contributed by atoms with Crippen molar-refractivity contribution in [2.75, 3.05) is 5.32 Å². The second-order valence-electron chi connectivity index (χ2n) is 3.19. The minimum atomic E-state index is -0.390. The van der Waals surface area contributed by atoms with Gasteiger partial charge >= 0.3 is 0 Å². The fourth-order valence-electron chi connectivity index (χ4n) is 1.02. The Morgan fingerprint density at radius 2 is 2.46 bits per heavy atom. The zero-order valence-corrected chi connectivity index (χ0v) is 7.82. The normalized spacial score (nSPS) is 10.4. The molecule has 0 bridgehead atoms. The molecule has 72 valence electrons. The van der Waals surface area contributed by atoms with Crippen LogP contribution in [-0.4, -0.2) is 21.7 Å². The monoisotopic (exact) mass is 182 g/mol. The number of carbonyl (C=O) groups is 1. The molecule has 0 aliphatic rings. The highest BCUT2D eigenvalue weighted by Crippen LogP contribution is 2.05. The molecule has 5 heteroatoms. The van der Waals surface area contributed by atoms with E-state index >= 15 is 0 Å². The third-order valence-electron chi connectivity index (χ3n) is 1.41. The lowest BCUT2D eigenvalue weighted by Gasteiger charge is -2.05. The van der Waals surface area contributed by atoms with Crippen LogP contribution in [0, 0.1) is 0 Å². The maximum Gasteiger partial charge on any atom is 0.239 e. The Morgan fingerprint density at radius 1 is 1.77 bits per heavy atom. The SMILES string of the molecule is CC(C)Nc1cnn(CC(N)=O)c1. The molecule has 0 saturated carbocycles. The number of hydrogen-bond acceptors (Lipinski definition) is 3. The fraction of sp³-hybridized carbons (Fsp3) is 0.500. The molecule has 13 heavy (non-hydrogen) atoms. The van der Waals surface area contributed by atoms with E-state index in [0.29, 0.717) is 6.04 Å². The predicted octanol–water partition coefficient (Wildman–Crippen LogP) is 0.189. The Morgan fingerprint density at radius 3 is 3.00 bits per heavy atom. The average molecular weight is 182 g/mol. The minimum Gasteiger partial charge on any atom is -0.380 e. The number of nitrogens with zero attached hydrogens (tertiary/aromatic N) is 2. The van der Waals surface area contributed by atoms with Gasteiger partial charge in [0, 0.05) is 12.2 Å². The number of amides is 1. The maximum atomic E-state index is 10.5. The largest absolute Gasteiger partial charge is 0.380 e. The summed E-state index contributed by atoms with van der Waals surface area (Å²) >= 11 is 0. The molecular formula is C8H14N4O. The molecule has 1 heterocycles. The van der Waals surface area contributed by atoms with Gasteiger partial charge in [-0.1, -0.05) is 0 Å². The van der Waals surface area contributed by atoms with Gasteiger partial charge in [-0.05, 0) is 13.8 Å². The van der Waals surface area contributed by atoms with Crippen LogP contribution >= 0.6 is 0 Å². The molecule has 1 amide bonds. The number of carbonyl (C=O) groups excluding carboxylic acids is 1. The van der Waals surface area contributed by atoms with Crippen LogP contribution in [0.2, 0.25) is 0 Å². The van der Waals surface area contributed by atoms with Crippen LogP contribution in [0.5, 0.6) is 0 Å². The number of aromatic nitrogens is 2. The van der Waals surface area contributed by atoms with Crippen LogP contribution in [0.3, 0.4) is 0 Å². The second-order valence-corrected chi connectivity index (χ2v) is 3.19. The van der Waals surface area contributed by atoms with Gasteiger partial charge in [0.25, 0.3) is 0 Å². The Balaban J connectivity index is 2.58. The van der Waals surface area contributed by atoms with Gasteiger partial charge in [0.15, 0.2) is 0 Å². The lowest BCUT2D eigenvalue weighted by molar-refractivity contribution is -0.118. The highest BCUT2D eigenvalue weighted by molar-refractivity contribution is 5.73. The quantitative estimate of drug-likeness (QED) is 0.698. The standard InChI is InChI=1S/C8H14N4O/c1-6(2)11-7-3-10-12(4-7)5-8(9)13/h3-4,6,11H,5H2,1-2H3,(H2,9,13). The number of nitrogens with two attached hydrogens (primary N) is 1. The van der Waals surface area contributed by atoms with Crippen LogP contribution < -0.4 is 11.1 Å². The highest BCUT2D eigenvalue weighted by atomic mass is 16.1. The van der Waals surface area contributed by atoms with E-state index in [4.69, 9.17) is 5.73 Å². The first kappa shape index (κ1) is 9.57. The zero-order chi connectivity index (χ0) is 9.84. The van der Waals surface area contributed by atoms with Gasteiger partial charge in [-0.25, -0.2) is 0 Å². The highest BCUT2D eigenvalue weighted by Gasteiger charge is 2.01. The molecular weight excluding hydrogens is 168 g/mol. The first-order valence-electron chi connectivity index (χ1n) is 4.15. The topological polar surface area (TPSA) is 72.9 Å². The van der Waals surface area contributed by atoms with E-state index in [1.807, 2.05) is 13.8 Å². The van der Waals surface area contributed by atoms with Gasteiger partial charge in [-0.15, -0.1) is 0 Å². The molecule has 0 aliphatic heterocycles. The molecule has 0 fully saturated rings. The first-order chi connectivity index (χ1) is 6.08. The van der Waals surface area contributed by atoms with Crippen LogP contribution in [-0.2, 0) is 11.3 Å². The smallest absolute Gasteiger partial charge is 0.239 e. The Kier molecular flexibility index (Phi) is 2.89. The summed E-state index contributed by atoms with van der Waals surface area (Å²) in [6.45, 7) is 4.19. The summed E-state index contributed by atoms with van der Waals surface area (Å²) in [4.78, 5) is 10.5. The first-order valence-corrected chi connectivity index (χ1v) is 4.15. The van der Waals surface area contributed by atoms with E-state index in [9.17, 15) is 4.79 Å². The molecule has 5 nitrogen and oxygen atoms in total. The summed E-state index contributed by atoms with van der Waals surface area (Å²) in [6.07, 6.45) is 3.42. The number of anilines is 1. The molecule has 3 N–H and O–H groups in total. The number of rotatable bonds is 4. The summed E-state index contributed by atoms with van der Waals surface area (Å²) in [5, 5.41) is 7.13. The predicted molar refractivity (Wildman–Crippen MR) is 50.2 cm³/mol. The van der Waals surface area contributed by atoms with Crippen molar-refractivity contribution >= 4 is 11.6 Å². The van der Waals surface area contributed by atoms with Gasteiger partial charge in [-0.3, -0.25) is 9.48 Å². The van der Waals surface area contributed by atoms with Gasteiger partial charge in [-0.2, -0.15) is 5.10 Å². The van der Waals surface area contributed by atoms with Crippen LogP contribution in [0.4, 0.5) is 5.69 Å². The van der Waals surface area contributed by atoms with E-state index in [1.165, 1.54) is 4.68 Å². The maximum absolute atomic E-state index is 10.5. The van der Waals surface area contributed by atoms with Crippen LogP contribution in [0.25, 0.3) is 0 Å². The van der Waals surface area contributed by atoms with Gasteiger partial charge in [0.2, 0.25) is 5.91 Å². The Hall–Kier alpha value is -1.52. The molecule has 0 saturated heterocycles. The molecule has 1 rings (SSSR count). The molecule has 0 atom stereocenters. The number of primary amides is 1. The molecule has 1 aromatic heterocycles. The average Bonchev–Trinajstić information content (AvgIpc) is 2.33. The van der Waals surface area contributed by atoms with E-state index in [0.717, 1.165) is 5.69 Å². The van der Waals surface area contributed by atoms with Crippen LogP contribution in [0.1, 0.15) is 13.8 Å². The van der Waals surface area contributed by atoms with Crippen molar-refractivity contribution in [2.45, 2.75) is 26.4 Å². The minimum absolute atomic E-state index is 0.125. The number of nitrogens with one attached hydrogen (secondary N) is 1. The third-order valence-corrected chi connectivity index (χ3v) is 1.41. The molecule has 0 unspecified atom stereocenters. The summed E-state index contributed by atoms with van der Waals surface area (Å²) in [7, 11) is 0. The molecule has 0 spiro atoms. The second kappa shape index (κ2) is 3.93. The van der Waals surface area contributed by atoms with E-state index in [1.54, 1.807) is 12.4 Å². The van der Waals surface area contributed by atoms with E-state index in [2.05, 4.69) is 10.4 Å². The van der Waals surface area contributed by atoms with Crippen molar-refractivity contribution < 1.29 is 4.79 Å². The van der Waals surface area contributed by atoms with Crippen molar-refractivity contribution in [3.8, 4) is 0 Å². The van der Waals surface area contributed by atoms with Crippen molar-refractivity contribution in [1.82, 2.24) is 9.78 Å². The van der Waals surface area contributed by atoms with Gasteiger partial charge in [0.05, 0.1) is 11.9 Å². The van der Waals surface area contributed by atoms with Gasteiger partial charge < -0.3 is 11.1 Å². The van der Waals surface area contributed by atoms with Crippen molar-refractivity contribution in [3.63, 3.8) is 0 Å². The fourth-order valence-corrected chi connectivity index (χ4v) is 1.02. The zero-order valence-electron chi connectivity index (χ0n) is 7.82. The summed E-state index contributed by atoms with van der Waals surface area (Å²) in [6, 6.07) is 0.353. The number of hydrogen-bond donors (Lipinski definition) is 2. The molecule has 0 aliphatic carbocycles. The molecule has 0 aromatic carbocycles. The van der Waals surface area contributed by atoms with Crippen molar-refractivity contribution in [1.29, 1.82) is 0 Å². The third kappa shape index (κ3) is 3.14.